The number of nitrogens with one attached hydrogen (secondary N) is 2. The van der Waals surface area contributed by atoms with Crippen LogP contribution in [0.5, 0.6) is 5.75 Å². The maximum atomic E-state index is 5.24. The molecule has 0 fully saturated rings. The summed E-state index contributed by atoms with van der Waals surface area (Å²) in [6.45, 7) is 6.54. The molecule has 2 N–H and O–H groups in total. The van der Waals surface area contributed by atoms with E-state index in [1.807, 2.05) is 36.5 Å². The molecule has 3 rings (SSSR count). The van der Waals surface area contributed by atoms with Crippen LogP contribution < -0.4 is 15.4 Å². The van der Waals surface area contributed by atoms with Crippen LogP contribution in [0.4, 0.5) is 0 Å². The lowest BCUT2D eigenvalue weighted by atomic mass is 9.98. The second-order valence-electron chi connectivity index (χ2n) is 7.06. The Morgan fingerprint density at radius 1 is 1.07 bits per heavy atom. The van der Waals surface area contributed by atoms with Crippen LogP contribution in [0.25, 0.3) is 10.8 Å². The summed E-state index contributed by atoms with van der Waals surface area (Å²) >= 11 is 0. The first-order valence-corrected chi connectivity index (χ1v) is 10.2. The summed E-state index contributed by atoms with van der Waals surface area (Å²) in [5, 5.41) is 9.12. The highest BCUT2D eigenvalue weighted by molar-refractivity contribution is 5.85. The first-order valence-electron chi connectivity index (χ1n) is 10.2. The Hall–Kier alpha value is -3.08. The number of methoxy groups -OCH3 is 1. The van der Waals surface area contributed by atoms with Crippen molar-refractivity contribution in [2.24, 2.45) is 4.99 Å². The van der Waals surface area contributed by atoms with E-state index >= 15 is 0 Å². The normalized spacial score (nSPS) is 12.6. The average molecular weight is 391 g/mol. The zero-order valence-electron chi connectivity index (χ0n) is 17.5. The van der Waals surface area contributed by atoms with Crippen LogP contribution in [0.1, 0.15) is 37.4 Å². The van der Waals surface area contributed by atoms with Gasteiger partial charge in [-0.2, -0.15) is 0 Å². The topological polar surface area (TPSA) is 58.5 Å². The predicted octanol–water partition coefficient (Wildman–Crippen LogP) is 4.49. The van der Waals surface area contributed by atoms with Crippen LogP contribution >= 0.6 is 0 Å². The van der Waals surface area contributed by atoms with Gasteiger partial charge < -0.3 is 15.4 Å². The number of rotatable bonds is 8. The predicted molar refractivity (Wildman–Crippen MR) is 121 cm³/mol. The van der Waals surface area contributed by atoms with E-state index < -0.39 is 0 Å². The third-order valence-electron chi connectivity index (χ3n) is 5.04. The van der Waals surface area contributed by atoms with Gasteiger partial charge in [0.15, 0.2) is 5.96 Å². The number of pyridine rings is 1. The third kappa shape index (κ3) is 5.70. The molecule has 5 heteroatoms. The van der Waals surface area contributed by atoms with E-state index in [2.05, 4.69) is 53.7 Å². The quantitative estimate of drug-likeness (QED) is 0.439. The number of ether oxygens (including phenoxy) is 1. The molecule has 152 valence electrons. The Bertz CT molecular complexity index is 932. The minimum absolute atomic E-state index is 0.455. The van der Waals surface area contributed by atoms with Gasteiger partial charge in [-0.05, 0) is 48.4 Å². The van der Waals surface area contributed by atoms with Crippen molar-refractivity contribution >= 4 is 16.7 Å². The van der Waals surface area contributed by atoms with Crippen LogP contribution in [-0.4, -0.2) is 31.1 Å². The molecule has 0 radical (unpaired) electrons. The van der Waals surface area contributed by atoms with E-state index in [1.165, 1.54) is 10.9 Å². The highest BCUT2D eigenvalue weighted by Gasteiger charge is 2.07. The van der Waals surface area contributed by atoms with Gasteiger partial charge in [0.2, 0.25) is 0 Å². The zero-order chi connectivity index (χ0) is 20.5. The SMILES string of the molecule is CCNC(=NCc1nccc2ccccc12)NCCC(C)c1ccc(OC)cc1. The van der Waals surface area contributed by atoms with Gasteiger partial charge in [-0.1, -0.05) is 43.3 Å². The van der Waals surface area contributed by atoms with E-state index in [1.54, 1.807) is 7.11 Å². The van der Waals surface area contributed by atoms with E-state index in [4.69, 9.17) is 9.73 Å². The Labute approximate surface area is 173 Å². The Balaban J connectivity index is 1.59. The number of guanidine groups is 1. The van der Waals surface area contributed by atoms with Crippen molar-refractivity contribution in [1.82, 2.24) is 15.6 Å². The molecular weight excluding hydrogens is 360 g/mol. The van der Waals surface area contributed by atoms with Gasteiger partial charge in [0.1, 0.15) is 5.75 Å². The van der Waals surface area contributed by atoms with Gasteiger partial charge >= 0.3 is 0 Å². The molecule has 1 atom stereocenters. The minimum Gasteiger partial charge on any atom is -0.497 e. The van der Waals surface area contributed by atoms with E-state index in [-0.39, 0.29) is 0 Å². The molecule has 0 spiro atoms. The fourth-order valence-electron chi connectivity index (χ4n) is 3.31. The third-order valence-corrected chi connectivity index (χ3v) is 5.04. The molecule has 0 aliphatic rings. The standard InChI is InChI=1S/C24H30N4O/c1-4-25-24(27-15-13-18(2)19-9-11-21(29-3)12-10-19)28-17-23-22-8-6-5-7-20(22)14-16-26-23/h5-12,14,16,18H,4,13,15,17H2,1-3H3,(H2,25,27,28). The number of fused-ring (bicyclic) bond motifs is 1. The van der Waals surface area contributed by atoms with Gasteiger partial charge in [0.25, 0.3) is 0 Å². The minimum atomic E-state index is 0.455. The molecule has 0 amide bonds. The second kappa shape index (κ2) is 10.5. The molecule has 29 heavy (non-hydrogen) atoms. The van der Waals surface area contributed by atoms with Gasteiger partial charge in [0.05, 0.1) is 19.3 Å². The van der Waals surface area contributed by atoms with Crippen molar-refractivity contribution in [1.29, 1.82) is 0 Å². The lowest BCUT2D eigenvalue weighted by Crippen LogP contribution is -2.38. The highest BCUT2D eigenvalue weighted by atomic mass is 16.5. The lowest BCUT2D eigenvalue weighted by Gasteiger charge is -2.15. The van der Waals surface area contributed by atoms with Crippen LogP contribution in [0.2, 0.25) is 0 Å². The van der Waals surface area contributed by atoms with Crippen molar-refractivity contribution in [2.75, 3.05) is 20.2 Å². The van der Waals surface area contributed by atoms with Gasteiger partial charge in [-0.25, -0.2) is 4.99 Å². The lowest BCUT2D eigenvalue weighted by molar-refractivity contribution is 0.414. The molecule has 0 saturated carbocycles. The summed E-state index contributed by atoms with van der Waals surface area (Å²) in [6.07, 6.45) is 2.87. The molecule has 1 unspecified atom stereocenters. The van der Waals surface area contributed by atoms with E-state index in [0.29, 0.717) is 12.5 Å². The summed E-state index contributed by atoms with van der Waals surface area (Å²) in [5.74, 6) is 2.17. The number of hydrogen-bond acceptors (Lipinski definition) is 3. The molecular formula is C24H30N4O. The monoisotopic (exact) mass is 390 g/mol. The second-order valence-corrected chi connectivity index (χ2v) is 7.06. The van der Waals surface area contributed by atoms with Crippen LogP contribution in [-0.2, 0) is 6.54 Å². The Morgan fingerprint density at radius 2 is 1.86 bits per heavy atom. The van der Waals surface area contributed by atoms with E-state index in [9.17, 15) is 0 Å². The molecule has 5 nitrogen and oxygen atoms in total. The zero-order valence-corrected chi connectivity index (χ0v) is 17.5. The summed E-state index contributed by atoms with van der Waals surface area (Å²) in [6, 6.07) is 18.6. The molecule has 1 aromatic heterocycles. The Morgan fingerprint density at radius 3 is 2.62 bits per heavy atom. The molecule has 3 aromatic rings. The van der Waals surface area contributed by atoms with Crippen molar-refractivity contribution in [2.45, 2.75) is 32.7 Å². The first-order chi connectivity index (χ1) is 14.2. The number of benzene rings is 2. The highest BCUT2D eigenvalue weighted by Crippen LogP contribution is 2.21. The molecule has 0 saturated heterocycles. The van der Waals surface area contributed by atoms with Crippen molar-refractivity contribution in [3.8, 4) is 5.75 Å². The van der Waals surface area contributed by atoms with Crippen molar-refractivity contribution in [3.63, 3.8) is 0 Å². The van der Waals surface area contributed by atoms with Crippen LogP contribution in [0.15, 0.2) is 65.8 Å². The molecule has 0 aliphatic carbocycles. The van der Waals surface area contributed by atoms with Crippen molar-refractivity contribution < 1.29 is 4.74 Å². The summed E-state index contributed by atoms with van der Waals surface area (Å²) in [5.41, 5.74) is 2.31. The number of hydrogen-bond donors (Lipinski definition) is 2. The fourth-order valence-corrected chi connectivity index (χ4v) is 3.31. The summed E-state index contributed by atoms with van der Waals surface area (Å²) in [7, 11) is 1.69. The molecule has 0 aliphatic heterocycles. The summed E-state index contributed by atoms with van der Waals surface area (Å²) in [4.78, 5) is 9.27. The molecule has 1 heterocycles. The molecule has 2 aromatic carbocycles. The maximum Gasteiger partial charge on any atom is 0.191 e. The smallest absolute Gasteiger partial charge is 0.191 e. The van der Waals surface area contributed by atoms with E-state index in [0.717, 1.165) is 42.3 Å². The average Bonchev–Trinajstić information content (AvgIpc) is 2.77. The maximum absolute atomic E-state index is 5.24. The van der Waals surface area contributed by atoms with Crippen LogP contribution in [0, 0.1) is 0 Å². The fraction of sp³-hybridized carbons (Fsp3) is 0.333. The number of nitrogens with zero attached hydrogens (tertiary/aromatic N) is 2. The first kappa shape index (κ1) is 20.6. The largest absolute Gasteiger partial charge is 0.497 e. The van der Waals surface area contributed by atoms with Gasteiger partial charge in [-0.3, -0.25) is 4.98 Å². The Kier molecular flexibility index (Phi) is 7.45. The summed E-state index contributed by atoms with van der Waals surface area (Å²) < 4.78 is 5.24. The van der Waals surface area contributed by atoms with Crippen LogP contribution in [0.3, 0.4) is 0 Å². The molecule has 0 bridgehead atoms. The number of aliphatic imine (C=N–C) groups is 1. The van der Waals surface area contributed by atoms with Crippen molar-refractivity contribution in [3.05, 3.63) is 72.1 Å². The van der Waals surface area contributed by atoms with Gasteiger partial charge in [0, 0.05) is 24.7 Å². The number of aromatic nitrogens is 1. The van der Waals surface area contributed by atoms with Gasteiger partial charge in [-0.15, -0.1) is 0 Å².